The van der Waals surface area contributed by atoms with Crippen molar-refractivity contribution in [3.05, 3.63) is 53.2 Å². The number of hydrogen-bond acceptors (Lipinski definition) is 4. The van der Waals surface area contributed by atoms with Crippen LogP contribution in [0.1, 0.15) is 44.9 Å². The number of hydrogen-bond donors (Lipinski definition) is 0. The highest BCUT2D eigenvalue weighted by molar-refractivity contribution is 5.80. The summed E-state index contributed by atoms with van der Waals surface area (Å²) >= 11 is 0. The molecule has 1 aromatic carbocycles. The van der Waals surface area contributed by atoms with Gasteiger partial charge in [0, 0.05) is 22.1 Å². The molecule has 5 nitrogen and oxygen atoms in total. The van der Waals surface area contributed by atoms with Gasteiger partial charge in [-0.2, -0.15) is 15.0 Å². The second-order valence-electron chi connectivity index (χ2n) is 8.04. The zero-order chi connectivity index (χ0) is 19.9. The van der Waals surface area contributed by atoms with E-state index < -0.39 is 6.09 Å². The van der Waals surface area contributed by atoms with Crippen molar-refractivity contribution < 1.29 is 9.53 Å². The van der Waals surface area contributed by atoms with Gasteiger partial charge in [0.2, 0.25) is 0 Å². The molecule has 0 N–H and O–H groups in total. The number of rotatable bonds is 2. The van der Waals surface area contributed by atoms with Gasteiger partial charge in [-0.3, -0.25) is 0 Å². The number of nitrogens with zero attached hydrogens (tertiary/aromatic N) is 3. The number of fused-ring (bicyclic) bond motifs is 3. The van der Waals surface area contributed by atoms with Crippen molar-refractivity contribution in [3.8, 4) is 17.3 Å². The van der Waals surface area contributed by atoms with Crippen LogP contribution >= 0.6 is 0 Å². The van der Waals surface area contributed by atoms with Crippen LogP contribution in [0.2, 0.25) is 0 Å². The van der Waals surface area contributed by atoms with E-state index in [2.05, 4.69) is 26.0 Å². The van der Waals surface area contributed by atoms with Crippen LogP contribution < -0.4 is 0 Å². The molecule has 0 saturated carbocycles. The fourth-order valence-electron chi connectivity index (χ4n) is 5.14. The largest absolute Gasteiger partial charge is 0.448 e. The summed E-state index contributed by atoms with van der Waals surface area (Å²) in [5.74, 6) is 0.817. The standard InChI is InChI=1S/C23H25N3O2/c1-4-28-22(27)26-20(17-8-6-5-7-9-17)18-10-11-19-15(2)12-16(14-24)13-23(19,3)21(18)25-26/h5-9,13,15,19H,4,10-12H2,1-3H3/t15-,19+,23+/m1/s1. The Bertz CT molecular complexity index is 983. The summed E-state index contributed by atoms with van der Waals surface area (Å²) in [5, 5.41) is 14.3. The minimum atomic E-state index is -0.454. The maximum absolute atomic E-state index is 12.7. The van der Waals surface area contributed by atoms with Crippen LogP contribution in [0.3, 0.4) is 0 Å². The highest BCUT2D eigenvalue weighted by Gasteiger charge is 2.48. The van der Waals surface area contributed by atoms with E-state index in [-0.39, 0.29) is 5.41 Å². The molecule has 0 spiro atoms. The molecule has 28 heavy (non-hydrogen) atoms. The van der Waals surface area contributed by atoms with Gasteiger partial charge >= 0.3 is 6.09 Å². The third kappa shape index (κ3) is 2.75. The van der Waals surface area contributed by atoms with Gasteiger partial charge in [0.1, 0.15) is 0 Å². The number of carbonyl (C=O) groups excluding carboxylic acids is 1. The number of ether oxygens (including phenoxy) is 1. The topological polar surface area (TPSA) is 67.9 Å². The lowest BCUT2D eigenvalue weighted by Crippen LogP contribution is -2.42. The van der Waals surface area contributed by atoms with Crippen molar-refractivity contribution in [2.24, 2.45) is 11.8 Å². The Labute approximate surface area is 165 Å². The predicted octanol–water partition coefficient (Wildman–Crippen LogP) is 4.86. The van der Waals surface area contributed by atoms with Gasteiger partial charge in [0.05, 0.1) is 24.1 Å². The minimum Gasteiger partial charge on any atom is -0.448 e. The number of allylic oxidation sites excluding steroid dienone is 2. The molecule has 1 heterocycles. The Balaban J connectivity index is 1.96. The van der Waals surface area contributed by atoms with E-state index in [0.29, 0.717) is 18.4 Å². The van der Waals surface area contributed by atoms with E-state index in [1.807, 2.05) is 30.3 Å². The van der Waals surface area contributed by atoms with Gasteiger partial charge in [-0.15, -0.1) is 0 Å². The third-order valence-electron chi connectivity index (χ3n) is 6.30. The average Bonchev–Trinajstić information content (AvgIpc) is 3.09. The molecular formula is C23H25N3O2. The fourth-order valence-corrected chi connectivity index (χ4v) is 5.14. The first-order valence-corrected chi connectivity index (χ1v) is 9.96. The highest BCUT2D eigenvalue weighted by Crippen LogP contribution is 2.51. The molecule has 0 aliphatic heterocycles. The van der Waals surface area contributed by atoms with Crippen LogP contribution in [-0.2, 0) is 16.6 Å². The van der Waals surface area contributed by atoms with Crippen LogP contribution in [0.15, 0.2) is 42.0 Å². The van der Waals surface area contributed by atoms with Crippen molar-refractivity contribution >= 4 is 6.09 Å². The summed E-state index contributed by atoms with van der Waals surface area (Å²) in [6, 6.07) is 12.3. The molecule has 0 saturated heterocycles. The van der Waals surface area contributed by atoms with Crippen molar-refractivity contribution in [3.63, 3.8) is 0 Å². The average molecular weight is 375 g/mol. The zero-order valence-electron chi connectivity index (χ0n) is 16.6. The van der Waals surface area contributed by atoms with Gasteiger partial charge in [0.25, 0.3) is 0 Å². The highest BCUT2D eigenvalue weighted by atomic mass is 16.5. The van der Waals surface area contributed by atoms with Crippen LogP contribution in [0.4, 0.5) is 4.79 Å². The second-order valence-corrected chi connectivity index (χ2v) is 8.04. The summed E-state index contributed by atoms with van der Waals surface area (Å²) in [4.78, 5) is 12.7. The van der Waals surface area contributed by atoms with E-state index in [0.717, 1.165) is 47.4 Å². The Morgan fingerprint density at radius 1 is 1.39 bits per heavy atom. The molecular weight excluding hydrogens is 350 g/mol. The van der Waals surface area contributed by atoms with E-state index in [1.165, 1.54) is 4.68 Å². The summed E-state index contributed by atoms with van der Waals surface area (Å²) in [6.07, 6.45) is 4.35. The zero-order valence-corrected chi connectivity index (χ0v) is 16.6. The van der Waals surface area contributed by atoms with Gasteiger partial charge in [-0.05, 0) is 38.0 Å². The summed E-state index contributed by atoms with van der Waals surface area (Å²) in [6.45, 7) is 6.48. The minimum absolute atomic E-state index is 0.299. The molecule has 144 valence electrons. The maximum Gasteiger partial charge on any atom is 0.435 e. The van der Waals surface area contributed by atoms with Crippen molar-refractivity contribution in [2.45, 2.75) is 45.4 Å². The van der Waals surface area contributed by atoms with Gasteiger partial charge < -0.3 is 4.74 Å². The Morgan fingerprint density at radius 2 is 2.14 bits per heavy atom. The van der Waals surface area contributed by atoms with E-state index in [1.54, 1.807) is 6.92 Å². The van der Waals surface area contributed by atoms with Gasteiger partial charge in [-0.1, -0.05) is 50.3 Å². The van der Waals surface area contributed by atoms with Gasteiger partial charge in [0.15, 0.2) is 0 Å². The summed E-state index contributed by atoms with van der Waals surface area (Å²) in [5.41, 5.74) is 4.25. The lowest BCUT2D eigenvalue weighted by molar-refractivity contribution is 0.150. The Morgan fingerprint density at radius 3 is 2.82 bits per heavy atom. The molecule has 2 aliphatic rings. The second kappa shape index (κ2) is 6.94. The van der Waals surface area contributed by atoms with Crippen LogP contribution in [0, 0.1) is 23.2 Å². The van der Waals surface area contributed by atoms with Crippen LogP contribution in [0.25, 0.3) is 11.3 Å². The maximum atomic E-state index is 12.7. The monoisotopic (exact) mass is 375 g/mol. The third-order valence-corrected chi connectivity index (χ3v) is 6.30. The molecule has 3 atom stereocenters. The van der Waals surface area contributed by atoms with Crippen molar-refractivity contribution in [1.29, 1.82) is 5.26 Å². The molecule has 0 bridgehead atoms. The molecule has 0 unspecified atom stereocenters. The lowest BCUT2D eigenvalue weighted by atomic mass is 9.58. The number of aromatic nitrogens is 2. The van der Waals surface area contributed by atoms with E-state index in [4.69, 9.17) is 9.84 Å². The molecule has 2 aliphatic carbocycles. The smallest absolute Gasteiger partial charge is 0.435 e. The molecule has 2 aromatic rings. The molecule has 0 fully saturated rings. The summed E-state index contributed by atoms with van der Waals surface area (Å²) < 4.78 is 6.72. The first kappa shape index (κ1) is 18.5. The van der Waals surface area contributed by atoms with Crippen LogP contribution in [0.5, 0.6) is 0 Å². The Kier molecular flexibility index (Phi) is 4.58. The quantitative estimate of drug-likeness (QED) is 0.751. The predicted molar refractivity (Wildman–Crippen MR) is 107 cm³/mol. The fraction of sp³-hybridized carbons (Fsp3) is 0.435. The normalized spacial score (nSPS) is 25.9. The first-order valence-electron chi connectivity index (χ1n) is 9.96. The van der Waals surface area contributed by atoms with E-state index >= 15 is 0 Å². The first-order chi connectivity index (χ1) is 13.5. The molecule has 5 heteroatoms. The van der Waals surface area contributed by atoms with Crippen LogP contribution in [-0.4, -0.2) is 22.5 Å². The molecule has 1 aromatic heterocycles. The Hall–Kier alpha value is -2.87. The SMILES string of the molecule is CCOC(=O)n1nc2c(c1-c1ccccc1)CC[C@H]1[C@H](C)CC(C#N)=C[C@]21C. The number of benzene rings is 1. The van der Waals surface area contributed by atoms with E-state index in [9.17, 15) is 10.1 Å². The molecule has 0 radical (unpaired) electrons. The lowest BCUT2D eigenvalue weighted by Gasteiger charge is -2.45. The summed E-state index contributed by atoms with van der Waals surface area (Å²) in [7, 11) is 0. The van der Waals surface area contributed by atoms with Gasteiger partial charge in [-0.25, -0.2) is 4.79 Å². The van der Waals surface area contributed by atoms with Crippen molar-refractivity contribution in [2.75, 3.05) is 6.61 Å². The molecule has 0 amide bonds. The number of nitriles is 1. The van der Waals surface area contributed by atoms with Crippen molar-refractivity contribution in [1.82, 2.24) is 9.78 Å². The number of carbonyl (C=O) groups is 1. The molecule has 4 rings (SSSR count).